The standard InChI is InChI=1S/C18H33N3O/c1-3-18(10-5-6-11-18)15-21-17(19-4-2)20-12-7-16-8-13-22-14-9-16/h8H,3-7,9-15H2,1-2H3,(H2,19,20,21). The Morgan fingerprint density at radius 3 is 2.73 bits per heavy atom. The third-order valence-electron chi connectivity index (χ3n) is 5.13. The Kier molecular flexibility index (Phi) is 7.23. The van der Waals surface area contributed by atoms with Crippen molar-refractivity contribution in [1.29, 1.82) is 0 Å². The summed E-state index contributed by atoms with van der Waals surface area (Å²) in [5.74, 6) is 0.981. The van der Waals surface area contributed by atoms with Gasteiger partial charge in [0.25, 0.3) is 0 Å². The van der Waals surface area contributed by atoms with Crippen LogP contribution in [0, 0.1) is 5.41 Å². The van der Waals surface area contributed by atoms with Gasteiger partial charge in [-0.15, -0.1) is 0 Å². The van der Waals surface area contributed by atoms with Crippen molar-refractivity contribution in [2.75, 3.05) is 32.8 Å². The first kappa shape index (κ1) is 17.3. The number of nitrogens with zero attached hydrogens (tertiary/aromatic N) is 1. The highest BCUT2D eigenvalue weighted by atomic mass is 16.5. The topological polar surface area (TPSA) is 45.7 Å². The molecule has 0 spiro atoms. The van der Waals surface area contributed by atoms with E-state index in [4.69, 9.17) is 9.73 Å². The quantitative estimate of drug-likeness (QED) is 0.431. The molecule has 22 heavy (non-hydrogen) atoms. The molecule has 4 heteroatoms. The molecule has 1 heterocycles. The lowest BCUT2D eigenvalue weighted by Crippen LogP contribution is -2.39. The van der Waals surface area contributed by atoms with Crippen molar-refractivity contribution in [2.45, 2.75) is 58.8 Å². The second kappa shape index (κ2) is 9.19. The van der Waals surface area contributed by atoms with Crippen LogP contribution in [-0.4, -0.2) is 38.8 Å². The molecular weight excluding hydrogens is 274 g/mol. The lowest BCUT2D eigenvalue weighted by molar-refractivity contribution is 0.153. The maximum atomic E-state index is 5.35. The van der Waals surface area contributed by atoms with E-state index in [-0.39, 0.29) is 0 Å². The summed E-state index contributed by atoms with van der Waals surface area (Å²) in [6, 6.07) is 0. The summed E-state index contributed by atoms with van der Waals surface area (Å²) >= 11 is 0. The minimum atomic E-state index is 0.464. The van der Waals surface area contributed by atoms with Crippen LogP contribution in [0.25, 0.3) is 0 Å². The fraction of sp³-hybridized carbons (Fsp3) is 0.833. The Labute approximate surface area is 135 Å². The Hall–Kier alpha value is -1.03. The van der Waals surface area contributed by atoms with E-state index in [1.54, 1.807) is 0 Å². The van der Waals surface area contributed by atoms with Gasteiger partial charge in [-0.2, -0.15) is 0 Å². The zero-order valence-electron chi connectivity index (χ0n) is 14.4. The molecule has 0 radical (unpaired) electrons. The van der Waals surface area contributed by atoms with Crippen molar-refractivity contribution < 1.29 is 4.74 Å². The molecule has 126 valence electrons. The molecule has 0 atom stereocenters. The molecule has 1 aliphatic heterocycles. The smallest absolute Gasteiger partial charge is 0.191 e. The van der Waals surface area contributed by atoms with Crippen LogP contribution in [0.5, 0.6) is 0 Å². The number of hydrogen-bond acceptors (Lipinski definition) is 2. The molecule has 1 aliphatic carbocycles. The van der Waals surface area contributed by atoms with Crippen LogP contribution in [0.3, 0.4) is 0 Å². The van der Waals surface area contributed by atoms with Crippen LogP contribution in [0.1, 0.15) is 58.8 Å². The lowest BCUT2D eigenvalue weighted by Gasteiger charge is -2.25. The van der Waals surface area contributed by atoms with Gasteiger partial charge in [0.05, 0.1) is 13.2 Å². The van der Waals surface area contributed by atoms with E-state index in [2.05, 4.69) is 30.6 Å². The van der Waals surface area contributed by atoms with Crippen LogP contribution >= 0.6 is 0 Å². The van der Waals surface area contributed by atoms with E-state index < -0.39 is 0 Å². The van der Waals surface area contributed by atoms with E-state index >= 15 is 0 Å². The Morgan fingerprint density at radius 2 is 2.09 bits per heavy atom. The number of nitrogens with one attached hydrogen (secondary N) is 2. The van der Waals surface area contributed by atoms with Crippen LogP contribution < -0.4 is 10.6 Å². The zero-order valence-corrected chi connectivity index (χ0v) is 14.4. The van der Waals surface area contributed by atoms with Gasteiger partial charge in [-0.25, -0.2) is 0 Å². The molecule has 0 amide bonds. The minimum Gasteiger partial charge on any atom is -0.377 e. The molecule has 0 aromatic carbocycles. The molecule has 2 aliphatic rings. The lowest BCUT2D eigenvalue weighted by atomic mass is 9.84. The van der Waals surface area contributed by atoms with Crippen LogP contribution in [0.4, 0.5) is 0 Å². The van der Waals surface area contributed by atoms with Crippen LogP contribution in [0.2, 0.25) is 0 Å². The van der Waals surface area contributed by atoms with Crippen molar-refractivity contribution >= 4 is 5.96 Å². The molecule has 0 aromatic rings. The molecule has 4 nitrogen and oxygen atoms in total. The monoisotopic (exact) mass is 307 g/mol. The van der Waals surface area contributed by atoms with Gasteiger partial charge in [0.2, 0.25) is 0 Å². The summed E-state index contributed by atoms with van der Waals surface area (Å²) in [4.78, 5) is 4.87. The van der Waals surface area contributed by atoms with Crippen molar-refractivity contribution in [3.8, 4) is 0 Å². The van der Waals surface area contributed by atoms with E-state index in [1.807, 2.05) is 0 Å². The number of ether oxygens (including phenoxy) is 1. The maximum absolute atomic E-state index is 5.35. The second-order valence-corrected chi connectivity index (χ2v) is 6.62. The molecule has 0 bridgehead atoms. The summed E-state index contributed by atoms with van der Waals surface area (Å²) in [5, 5.41) is 6.87. The summed E-state index contributed by atoms with van der Waals surface area (Å²) in [6.07, 6.45) is 11.1. The second-order valence-electron chi connectivity index (χ2n) is 6.62. The summed E-state index contributed by atoms with van der Waals surface area (Å²) in [7, 11) is 0. The average molecular weight is 307 g/mol. The highest BCUT2D eigenvalue weighted by Gasteiger charge is 2.31. The van der Waals surface area contributed by atoms with E-state index in [9.17, 15) is 0 Å². The number of guanidine groups is 1. The molecule has 2 rings (SSSR count). The van der Waals surface area contributed by atoms with Gasteiger partial charge < -0.3 is 15.4 Å². The summed E-state index contributed by atoms with van der Waals surface area (Å²) in [6.45, 7) is 8.94. The van der Waals surface area contributed by atoms with E-state index in [1.165, 1.54) is 37.7 Å². The number of hydrogen-bond donors (Lipinski definition) is 2. The van der Waals surface area contributed by atoms with Crippen molar-refractivity contribution in [3.05, 3.63) is 11.6 Å². The maximum Gasteiger partial charge on any atom is 0.191 e. The van der Waals surface area contributed by atoms with Gasteiger partial charge >= 0.3 is 0 Å². The summed E-state index contributed by atoms with van der Waals surface area (Å²) < 4.78 is 5.35. The first-order chi connectivity index (χ1) is 10.8. The SMILES string of the molecule is CCNC(=NCC1(CC)CCCC1)NCCC1=CCOCC1. The van der Waals surface area contributed by atoms with Gasteiger partial charge in [0.15, 0.2) is 5.96 Å². The highest BCUT2D eigenvalue weighted by molar-refractivity contribution is 5.79. The summed E-state index contributed by atoms with van der Waals surface area (Å²) in [5.41, 5.74) is 1.97. The number of aliphatic imine (C=N–C) groups is 1. The van der Waals surface area contributed by atoms with Crippen molar-refractivity contribution in [1.82, 2.24) is 10.6 Å². The molecule has 2 N–H and O–H groups in total. The van der Waals surface area contributed by atoms with Gasteiger partial charge in [-0.05, 0) is 44.4 Å². The zero-order chi connectivity index (χ0) is 15.7. The predicted molar refractivity (Wildman–Crippen MR) is 93.3 cm³/mol. The van der Waals surface area contributed by atoms with Crippen molar-refractivity contribution in [2.24, 2.45) is 10.4 Å². The first-order valence-electron chi connectivity index (χ1n) is 9.06. The largest absolute Gasteiger partial charge is 0.377 e. The third-order valence-corrected chi connectivity index (χ3v) is 5.13. The minimum absolute atomic E-state index is 0.464. The molecule has 0 aromatic heterocycles. The average Bonchev–Trinajstić information content (AvgIpc) is 3.03. The predicted octanol–water partition coefficient (Wildman–Crippen LogP) is 3.25. The van der Waals surface area contributed by atoms with E-state index in [0.717, 1.165) is 51.6 Å². The van der Waals surface area contributed by atoms with Gasteiger partial charge in [0, 0.05) is 19.6 Å². The van der Waals surface area contributed by atoms with Crippen molar-refractivity contribution in [3.63, 3.8) is 0 Å². The fourth-order valence-corrected chi connectivity index (χ4v) is 3.47. The molecular formula is C18H33N3O. The Morgan fingerprint density at radius 1 is 1.27 bits per heavy atom. The fourth-order valence-electron chi connectivity index (χ4n) is 3.47. The molecule has 1 fully saturated rings. The molecule has 0 unspecified atom stereocenters. The van der Waals surface area contributed by atoms with Gasteiger partial charge in [0.1, 0.15) is 0 Å². The number of rotatable bonds is 7. The molecule has 1 saturated carbocycles. The normalized spacial score (nSPS) is 21.5. The molecule has 0 saturated heterocycles. The van der Waals surface area contributed by atoms with Gasteiger partial charge in [-0.3, -0.25) is 4.99 Å². The third kappa shape index (κ3) is 5.31. The van der Waals surface area contributed by atoms with Crippen LogP contribution in [0.15, 0.2) is 16.6 Å². The first-order valence-corrected chi connectivity index (χ1v) is 9.06. The highest BCUT2D eigenvalue weighted by Crippen LogP contribution is 2.41. The van der Waals surface area contributed by atoms with E-state index in [0.29, 0.717) is 5.41 Å². The Balaban J connectivity index is 1.80. The van der Waals surface area contributed by atoms with Crippen LogP contribution in [-0.2, 0) is 4.74 Å². The van der Waals surface area contributed by atoms with Gasteiger partial charge in [-0.1, -0.05) is 31.4 Å². The Bertz CT molecular complexity index is 384.